The standard InChI is InChI=1S/C9H18ClNO/c1-7(2)8(3)11(4)9(12)5-6-10/h7-8H,5-6H2,1-4H3. The lowest BCUT2D eigenvalue weighted by atomic mass is 10.1. The van der Waals surface area contributed by atoms with Gasteiger partial charge in [-0.05, 0) is 12.8 Å². The number of hydrogen-bond acceptors (Lipinski definition) is 1. The summed E-state index contributed by atoms with van der Waals surface area (Å²) in [4.78, 5) is 13.1. The van der Waals surface area contributed by atoms with Crippen LogP contribution in [0.4, 0.5) is 0 Å². The molecule has 0 saturated heterocycles. The largest absolute Gasteiger partial charge is 0.343 e. The molecule has 0 aliphatic rings. The lowest BCUT2D eigenvalue weighted by Crippen LogP contribution is -2.38. The molecule has 1 amide bonds. The van der Waals surface area contributed by atoms with Crippen molar-refractivity contribution in [2.24, 2.45) is 5.92 Å². The molecule has 0 radical (unpaired) electrons. The summed E-state index contributed by atoms with van der Waals surface area (Å²) in [6.07, 6.45) is 0.440. The summed E-state index contributed by atoms with van der Waals surface area (Å²) in [6.45, 7) is 6.26. The number of amides is 1. The molecule has 0 spiro atoms. The number of nitrogens with zero attached hydrogens (tertiary/aromatic N) is 1. The van der Waals surface area contributed by atoms with Crippen molar-refractivity contribution < 1.29 is 4.79 Å². The fourth-order valence-corrected chi connectivity index (χ4v) is 1.09. The number of halogens is 1. The number of alkyl halides is 1. The average molecular weight is 192 g/mol. The number of carbonyl (C=O) groups is 1. The zero-order valence-corrected chi connectivity index (χ0v) is 9.06. The van der Waals surface area contributed by atoms with Gasteiger partial charge >= 0.3 is 0 Å². The van der Waals surface area contributed by atoms with E-state index in [2.05, 4.69) is 20.8 Å². The molecule has 72 valence electrons. The Kier molecular flexibility index (Phi) is 5.31. The molecule has 0 aromatic carbocycles. The summed E-state index contributed by atoms with van der Waals surface area (Å²) in [6, 6.07) is 0.292. The molecule has 0 aromatic rings. The quantitative estimate of drug-likeness (QED) is 0.624. The van der Waals surface area contributed by atoms with E-state index in [1.165, 1.54) is 0 Å². The molecule has 1 unspecified atom stereocenters. The summed E-state index contributed by atoms with van der Waals surface area (Å²) >= 11 is 5.48. The summed E-state index contributed by atoms with van der Waals surface area (Å²) in [7, 11) is 1.83. The summed E-state index contributed by atoms with van der Waals surface area (Å²) in [5.74, 6) is 1.04. The van der Waals surface area contributed by atoms with Gasteiger partial charge in [-0.3, -0.25) is 4.79 Å². The molecule has 0 N–H and O–H groups in total. The van der Waals surface area contributed by atoms with E-state index in [-0.39, 0.29) is 5.91 Å². The van der Waals surface area contributed by atoms with Gasteiger partial charge in [-0.25, -0.2) is 0 Å². The molecule has 0 bridgehead atoms. The van der Waals surface area contributed by atoms with Gasteiger partial charge in [0.05, 0.1) is 0 Å². The minimum absolute atomic E-state index is 0.131. The van der Waals surface area contributed by atoms with Crippen LogP contribution in [0, 0.1) is 5.92 Å². The Hall–Kier alpha value is -0.240. The normalized spacial score (nSPS) is 13.2. The first-order chi connectivity index (χ1) is 5.50. The van der Waals surface area contributed by atoms with Gasteiger partial charge < -0.3 is 4.90 Å². The van der Waals surface area contributed by atoms with Crippen LogP contribution in [0.3, 0.4) is 0 Å². The van der Waals surface area contributed by atoms with E-state index in [0.29, 0.717) is 24.3 Å². The van der Waals surface area contributed by atoms with Crippen LogP contribution < -0.4 is 0 Å². The molecule has 0 fully saturated rings. The second kappa shape index (κ2) is 5.41. The second-order valence-electron chi connectivity index (χ2n) is 3.43. The first-order valence-corrected chi connectivity index (χ1v) is 4.85. The van der Waals surface area contributed by atoms with Gasteiger partial charge in [-0.2, -0.15) is 0 Å². The molecule has 0 rings (SSSR count). The van der Waals surface area contributed by atoms with Crippen LogP contribution >= 0.6 is 11.6 Å². The van der Waals surface area contributed by atoms with Crippen molar-refractivity contribution >= 4 is 17.5 Å². The van der Waals surface area contributed by atoms with E-state index in [9.17, 15) is 4.79 Å². The third-order valence-electron chi connectivity index (χ3n) is 2.28. The van der Waals surface area contributed by atoms with Crippen LogP contribution in [0.1, 0.15) is 27.2 Å². The number of carbonyl (C=O) groups excluding carboxylic acids is 1. The second-order valence-corrected chi connectivity index (χ2v) is 3.81. The molecule has 0 aliphatic carbocycles. The minimum Gasteiger partial charge on any atom is -0.343 e. The van der Waals surface area contributed by atoms with Crippen LogP contribution in [0.25, 0.3) is 0 Å². The minimum atomic E-state index is 0.131. The van der Waals surface area contributed by atoms with E-state index in [4.69, 9.17) is 11.6 Å². The molecule has 1 atom stereocenters. The zero-order valence-electron chi connectivity index (χ0n) is 8.30. The van der Waals surface area contributed by atoms with Crippen molar-refractivity contribution in [2.75, 3.05) is 12.9 Å². The van der Waals surface area contributed by atoms with E-state index in [1.54, 1.807) is 4.90 Å². The maximum absolute atomic E-state index is 11.3. The third-order valence-corrected chi connectivity index (χ3v) is 2.47. The number of hydrogen-bond donors (Lipinski definition) is 0. The van der Waals surface area contributed by atoms with Crippen molar-refractivity contribution in [1.29, 1.82) is 0 Å². The third kappa shape index (κ3) is 3.44. The highest BCUT2D eigenvalue weighted by Crippen LogP contribution is 2.09. The highest BCUT2D eigenvalue weighted by Gasteiger charge is 2.17. The van der Waals surface area contributed by atoms with Gasteiger partial charge in [0.1, 0.15) is 0 Å². The first kappa shape index (κ1) is 11.8. The smallest absolute Gasteiger partial charge is 0.223 e. The predicted molar refractivity (Wildman–Crippen MR) is 52.4 cm³/mol. The van der Waals surface area contributed by atoms with E-state index in [0.717, 1.165) is 0 Å². The van der Waals surface area contributed by atoms with E-state index >= 15 is 0 Å². The van der Waals surface area contributed by atoms with Crippen molar-refractivity contribution in [3.8, 4) is 0 Å². The van der Waals surface area contributed by atoms with Gasteiger partial charge in [0.2, 0.25) is 5.91 Å². The van der Waals surface area contributed by atoms with Gasteiger partial charge in [-0.1, -0.05) is 13.8 Å². The van der Waals surface area contributed by atoms with Crippen LogP contribution in [0.15, 0.2) is 0 Å². The van der Waals surface area contributed by atoms with Crippen molar-refractivity contribution in [3.63, 3.8) is 0 Å². The highest BCUT2D eigenvalue weighted by molar-refractivity contribution is 6.18. The fraction of sp³-hybridized carbons (Fsp3) is 0.889. The lowest BCUT2D eigenvalue weighted by molar-refractivity contribution is -0.132. The highest BCUT2D eigenvalue weighted by atomic mass is 35.5. The monoisotopic (exact) mass is 191 g/mol. The van der Waals surface area contributed by atoms with Gasteiger partial charge in [-0.15, -0.1) is 11.6 Å². The first-order valence-electron chi connectivity index (χ1n) is 4.32. The van der Waals surface area contributed by atoms with E-state index in [1.807, 2.05) is 7.05 Å². The van der Waals surface area contributed by atoms with Crippen molar-refractivity contribution in [1.82, 2.24) is 4.90 Å². The average Bonchev–Trinajstić information content (AvgIpc) is 2.02. The van der Waals surface area contributed by atoms with Gasteiger partial charge in [0, 0.05) is 25.4 Å². The summed E-state index contributed by atoms with van der Waals surface area (Å²) in [5.41, 5.74) is 0. The van der Waals surface area contributed by atoms with E-state index < -0.39 is 0 Å². The van der Waals surface area contributed by atoms with Crippen LogP contribution in [-0.2, 0) is 4.79 Å². The van der Waals surface area contributed by atoms with Crippen LogP contribution in [0.5, 0.6) is 0 Å². The SMILES string of the molecule is CC(C)C(C)N(C)C(=O)CCCl. The molecule has 3 heteroatoms. The van der Waals surface area contributed by atoms with Crippen LogP contribution in [0.2, 0.25) is 0 Å². The Morgan fingerprint density at radius 3 is 2.25 bits per heavy atom. The Bertz CT molecular complexity index is 147. The molecule has 0 heterocycles. The fourth-order valence-electron chi connectivity index (χ4n) is 0.932. The molecule has 12 heavy (non-hydrogen) atoms. The Labute approximate surface area is 79.9 Å². The Morgan fingerprint density at radius 2 is 1.92 bits per heavy atom. The maximum Gasteiger partial charge on any atom is 0.223 e. The molecular formula is C9H18ClNO. The van der Waals surface area contributed by atoms with Crippen LogP contribution in [-0.4, -0.2) is 29.8 Å². The molecular weight excluding hydrogens is 174 g/mol. The Morgan fingerprint density at radius 1 is 1.42 bits per heavy atom. The Balaban J connectivity index is 4.00. The molecule has 2 nitrogen and oxygen atoms in total. The summed E-state index contributed by atoms with van der Waals surface area (Å²) < 4.78 is 0. The molecule has 0 aromatic heterocycles. The number of rotatable bonds is 4. The van der Waals surface area contributed by atoms with Crippen molar-refractivity contribution in [2.45, 2.75) is 33.2 Å². The maximum atomic E-state index is 11.3. The lowest BCUT2D eigenvalue weighted by Gasteiger charge is -2.27. The van der Waals surface area contributed by atoms with Gasteiger partial charge in [0.25, 0.3) is 0 Å². The topological polar surface area (TPSA) is 20.3 Å². The summed E-state index contributed by atoms with van der Waals surface area (Å²) in [5, 5.41) is 0. The predicted octanol–water partition coefficient (Wildman–Crippen LogP) is 2.12. The zero-order chi connectivity index (χ0) is 9.72. The van der Waals surface area contributed by atoms with Crippen molar-refractivity contribution in [3.05, 3.63) is 0 Å². The van der Waals surface area contributed by atoms with Gasteiger partial charge in [0.15, 0.2) is 0 Å². The molecule has 0 aliphatic heterocycles. The molecule has 0 saturated carbocycles.